The monoisotopic (exact) mass is 446 g/mol. The molecule has 0 amide bonds. The zero-order chi connectivity index (χ0) is 21.3. The Balaban J connectivity index is 2.16. The third-order valence-electron chi connectivity index (χ3n) is 4.11. The Bertz CT molecular complexity index is 990. The lowest BCUT2D eigenvalue weighted by atomic mass is 10.1. The summed E-state index contributed by atoms with van der Waals surface area (Å²) in [7, 11) is -7.88. The highest BCUT2D eigenvalue weighted by Crippen LogP contribution is 2.64. The zero-order valence-electron chi connectivity index (χ0n) is 18.0. The Morgan fingerprint density at radius 2 is 1.41 bits per heavy atom. The molecule has 0 aliphatic rings. The molecule has 0 bridgehead atoms. The van der Waals surface area contributed by atoms with Crippen molar-refractivity contribution < 1.29 is 13.0 Å². The lowest BCUT2D eigenvalue weighted by Crippen LogP contribution is -2.32. The molecule has 0 fully saturated rings. The van der Waals surface area contributed by atoms with Crippen LogP contribution in [0.1, 0.15) is 11.3 Å². The standard InChI is InChI=1S/C21H31N2O3PSi2/c1-28(2,3)25-27(24,26-29(4,5)6)21(23-17-12-8-7-9-13-17)19-16-22-20-15-11-10-14-18(19)20/h7-16,21-23H,1-6H3. The highest BCUT2D eigenvalue weighted by Gasteiger charge is 2.45. The molecule has 1 heterocycles. The maximum Gasteiger partial charge on any atom is 0.338 e. The van der Waals surface area contributed by atoms with Gasteiger partial charge in [-0.3, -0.25) is 4.57 Å². The molecular weight excluding hydrogens is 415 g/mol. The van der Waals surface area contributed by atoms with Crippen LogP contribution in [0.15, 0.2) is 60.8 Å². The van der Waals surface area contributed by atoms with Crippen LogP contribution in [0.4, 0.5) is 5.69 Å². The number of H-pyrrole nitrogens is 1. The van der Waals surface area contributed by atoms with Gasteiger partial charge in [0.15, 0.2) is 22.4 Å². The third kappa shape index (κ3) is 5.71. The first kappa shape index (κ1) is 22.1. The van der Waals surface area contributed by atoms with Crippen molar-refractivity contribution in [2.45, 2.75) is 45.1 Å². The van der Waals surface area contributed by atoms with Crippen molar-refractivity contribution in [1.29, 1.82) is 0 Å². The van der Waals surface area contributed by atoms with Gasteiger partial charge >= 0.3 is 7.60 Å². The highest BCUT2D eigenvalue weighted by molar-refractivity contribution is 7.57. The van der Waals surface area contributed by atoms with Crippen LogP contribution in [0.5, 0.6) is 0 Å². The zero-order valence-corrected chi connectivity index (χ0v) is 20.9. The second-order valence-corrected chi connectivity index (χ2v) is 20.7. The van der Waals surface area contributed by atoms with Gasteiger partial charge in [0.2, 0.25) is 0 Å². The van der Waals surface area contributed by atoms with Crippen LogP contribution in [0.3, 0.4) is 0 Å². The molecule has 3 rings (SSSR count). The number of para-hydroxylation sites is 2. The Hall–Kier alpha value is -1.64. The molecule has 1 aromatic heterocycles. The predicted molar refractivity (Wildman–Crippen MR) is 128 cm³/mol. The summed E-state index contributed by atoms with van der Waals surface area (Å²) >= 11 is 0. The van der Waals surface area contributed by atoms with Crippen LogP contribution in [0.25, 0.3) is 10.9 Å². The van der Waals surface area contributed by atoms with E-state index in [9.17, 15) is 4.57 Å². The molecular formula is C21H31N2O3PSi2. The minimum absolute atomic E-state index is 0.612. The molecule has 2 N–H and O–H groups in total. The summed E-state index contributed by atoms with van der Waals surface area (Å²) < 4.78 is 27.1. The van der Waals surface area contributed by atoms with Crippen LogP contribution in [0, 0.1) is 0 Å². The van der Waals surface area contributed by atoms with E-state index in [-0.39, 0.29) is 0 Å². The molecule has 0 aliphatic heterocycles. The van der Waals surface area contributed by atoms with E-state index in [1.54, 1.807) is 0 Å². The Kier molecular flexibility index (Phi) is 6.27. The molecule has 0 aliphatic carbocycles. The molecule has 0 saturated heterocycles. The fraction of sp³-hybridized carbons (Fsp3) is 0.333. The molecule has 8 heteroatoms. The summed E-state index contributed by atoms with van der Waals surface area (Å²) in [6, 6.07) is 17.8. The number of rotatable bonds is 8. The molecule has 1 unspecified atom stereocenters. The summed E-state index contributed by atoms with van der Waals surface area (Å²) in [5.41, 5.74) is 2.76. The van der Waals surface area contributed by atoms with Gasteiger partial charge in [-0.2, -0.15) is 0 Å². The maximum atomic E-state index is 14.4. The van der Waals surface area contributed by atoms with E-state index in [1.807, 2.05) is 100 Å². The quantitative estimate of drug-likeness (QED) is 0.284. The van der Waals surface area contributed by atoms with E-state index in [0.29, 0.717) is 0 Å². The topological polar surface area (TPSA) is 63.4 Å². The van der Waals surface area contributed by atoms with E-state index in [4.69, 9.17) is 8.43 Å². The molecule has 29 heavy (non-hydrogen) atoms. The van der Waals surface area contributed by atoms with E-state index < -0.39 is 30.0 Å². The van der Waals surface area contributed by atoms with Crippen molar-refractivity contribution in [1.82, 2.24) is 4.98 Å². The van der Waals surface area contributed by atoms with E-state index in [2.05, 4.69) is 10.3 Å². The van der Waals surface area contributed by atoms with Crippen molar-refractivity contribution >= 4 is 40.8 Å². The van der Waals surface area contributed by atoms with Crippen molar-refractivity contribution in [3.05, 3.63) is 66.4 Å². The summed E-state index contributed by atoms with van der Waals surface area (Å²) in [6.45, 7) is 12.3. The van der Waals surface area contributed by atoms with Crippen LogP contribution in [-0.4, -0.2) is 21.6 Å². The molecule has 0 saturated carbocycles. The number of hydrogen-bond acceptors (Lipinski definition) is 4. The van der Waals surface area contributed by atoms with E-state index in [1.165, 1.54) is 0 Å². The second-order valence-electron chi connectivity index (χ2n) is 9.15. The number of aromatic nitrogens is 1. The maximum absolute atomic E-state index is 14.4. The SMILES string of the molecule is C[Si](C)(C)OP(=O)(O[Si](C)(C)C)C(Nc1ccccc1)c1c[nH]c2ccccc12. The fourth-order valence-corrected chi connectivity index (χ4v) is 11.5. The van der Waals surface area contributed by atoms with Gasteiger partial charge in [-0.25, -0.2) is 0 Å². The Morgan fingerprint density at radius 1 is 0.862 bits per heavy atom. The molecule has 156 valence electrons. The molecule has 0 spiro atoms. The van der Waals surface area contributed by atoms with Crippen molar-refractivity contribution in [3.8, 4) is 0 Å². The van der Waals surface area contributed by atoms with Crippen molar-refractivity contribution in [3.63, 3.8) is 0 Å². The van der Waals surface area contributed by atoms with Crippen molar-refractivity contribution in [2.75, 3.05) is 5.32 Å². The average molecular weight is 447 g/mol. The lowest BCUT2D eigenvalue weighted by Gasteiger charge is -2.36. The highest BCUT2D eigenvalue weighted by atomic mass is 31.2. The summed E-state index contributed by atoms with van der Waals surface area (Å²) in [5, 5.41) is 4.48. The average Bonchev–Trinajstić information content (AvgIpc) is 3.01. The number of hydrogen-bond donors (Lipinski definition) is 2. The van der Waals surface area contributed by atoms with Crippen LogP contribution >= 0.6 is 7.60 Å². The minimum atomic E-state index is -3.54. The van der Waals surface area contributed by atoms with Gasteiger partial charge < -0.3 is 18.7 Å². The number of aromatic amines is 1. The number of benzene rings is 2. The van der Waals surface area contributed by atoms with E-state index >= 15 is 0 Å². The number of nitrogens with one attached hydrogen (secondary N) is 2. The smallest absolute Gasteiger partial charge is 0.338 e. The van der Waals surface area contributed by atoms with Crippen LogP contribution < -0.4 is 5.32 Å². The molecule has 1 atom stereocenters. The third-order valence-corrected chi connectivity index (χ3v) is 11.6. The van der Waals surface area contributed by atoms with Crippen molar-refractivity contribution in [2.24, 2.45) is 0 Å². The van der Waals surface area contributed by atoms with Gasteiger partial charge in [0, 0.05) is 28.4 Å². The second kappa shape index (κ2) is 8.24. The summed E-state index contributed by atoms with van der Waals surface area (Å²) in [5.74, 6) is -0.612. The largest absolute Gasteiger partial charge is 0.368 e. The summed E-state index contributed by atoms with van der Waals surface area (Å²) in [4.78, 5) is 3.30. The first-order valence-corrected chi connectivity index (χ1v) is 18.3. The normalized spacial score (nSPS) is 14.1. The molecule has 3 aromatic rings. The number of anilines is 1. The predicted octanol–water partition coefficient (Wildman–Crippen LogP) is 7.17. The number of fused-ring (bicyclic) bond motifs is 1. The first-order valence-electron chi connectivity index (χ1n) is 9.86. The van der Waals surface area contributed by atoms with Gasteiger partial charge in [0.1, 0.15) is 0 Å². The van der Waals surface area contributed by atoms with Gasteiger partial charge in [-0.15, -0.1) is 0 Å². The summed E-state index contributed by atoms with van der Waals surface area (Å²) in [6.07, 6.45) is 1.92. The van der Waals surface area contributed by atoms with Gasteiger partial charge in [0.25, 0.3) is 0 Å². The molecule has 5 nitrogen and oxygen atoms in total. The van der Waals surface area contributed by atoms with Crippen LogP contribution in [0.2, 0.25) is 39.3 Å². The fourth-order valence-electron chi connectivity index (χ4n) is 3.23. The van der Waals surface area contributed by atoms with E-state index in [0.717, 1.165) is 22.2 Å². The lowest BCUT2D eigenvalue weighted by molar-refractivity contribution is 0.373. The Labute approximate surface area is 175 Å². The minimum Gasteiger partial charge on any atom is -0.368 e. The Morgan fingerprint density at radius 3 is 2.00 bits per heavy atom. The van der Waals surface area contributed by atoms with Gasteiger partial charge in [0.05, 0.1) is 0 Å². The van der Waals surface area contributed by atoms with Gasteiger partial charge in [-0.1, -0.05) is 36.4 Å². The molecule has 0 radical (unpaired) electrons. The van der Waals surface area contributed by atoms with Crippen LogP contribution in [-0.2, 0) is 13.0 Å². The van der Waals surface area contributed by atoms with Gasteiger partial charge in [-0.05, 0) is 57.5 Å². The molecule has 2 aromatic carbocycles. The first-order chi connectivity index (χ1) is 13.5.